The second kappa shape index (κ2) is 5.47. The van der Waals surface area contributed by atoms with E-state index in [0.717, 1.165) is 16.9 Å². The van der Waals surface area contributed by atoms with Crippen LogP contribution < -0.4 is 9.20 Å². The Morgan fingerprint density at radius 2 is 2.00 bits per heavy atom. The Labute approximate surface area is 84.2 Å². The fraction of sp³-hybridized carbons (Fsp3) is 0.333. The summed E-state index contributed by atoms with van der Waals surface area (Å²) in [5.41, 5.74) is 0. The van der Waals surface area contributed by atoms with Crippen molar-refractivity contribution in [2.75, 3.05) is 13.0 Å². The van der Waals surface area contributed by atoms with Crippen LogP contribution in [0.3, 0.4) is 0 Å². The molecule has 0 N–H and O–H groups in total. The van der Waals surface area contributed by atoms with E-state index in [9.17, 15) is 0 Å². The van der Waals surface area contributed by atoms with Crippen molar-refractivity contribution in [3.63, 3.8) is 0 Å². The molecule has 1 rings (SSSR count). The number of halogens is 1. The number of ether oxygens (including phenoxy) is 1. The van der Waals surface area contributed by atoms with E-state index in [1.165, 1.54) is 4.46 Å². The number of rotatable bonds is 4. The van der Waals surface area contributed by atoms with Gasteiger partial charge >= 0.3 is 84.1 Å². The van der Waals surface area contributed by atoms with E-state index < -0.39 is 0 Å². The molecule has 0 aromatic heterocycles. The first kappa shape index (κ1) is 9.91. The van der Waals surface area contributed by atoms with Gasteiger partial charge in [0.1, 0.15) is 0 Å². The molecule has 0 heterocycles. The van der Waals surface area contributed by atoms with E-state index in [1.807, 2.05) is 12.1 Å². The SMILES string of the molecule is COc1ccc([Se]CCCl)cc1. The van der Waals surface area contributed by atoms with Gasteiger partial charge in [-0.3, -0.25) is 0 Å². The van der Waals surface area contributed by atoms with Crippen LogP contribution in [-0.2, 0) is 0 Å². The average Bonchev–Trinajstić information content (AvgIpc) is 2.15. The van der Waals surface area contributed by atoms with Gasteiger partial charge in [-0.05, 0) is 0 Å². The molecule has 0 aliphatic carbocycles. The molecule has 0 aliphatic rings. The zero-order valence-corrected chi connectivity index (χ0v) is 9.39. The molecule has 12 heavy (non-hydrogen) atoms. The molecule has 0 fully saturated rings. The van der Waals surface area contributed by atoms with Crippen LogP contribution in [0.15, 0.2) is 24.3 Å². The molecule has 0 spiro atoms. The van der Waals surface area contributed by atoms with Crippen molar-refractivity contribution < 1.29 is 4.74 Å². The minimum atomic E-state index is 0.522. The molecule has 3 heteroatoms. The van der Waals surface area contributed by atoms with Gasteiger partial charge in [0.05, 0.1) is 0 Å². The van der Waals surface area contributed by atoms with Crippen molar-refractivity contribution >= 4 is 31.0 Å². The second-order valence-corrected chi connectivity index (χ2v) is 5.04. The molecule has 0 amide bonds. The van der Waals surface area contributed by atoms with Crippen molar-refractivity contribution in [3.05, 3.63) is 24.3 Å². The number of benzene rings is 1. The molecule has 1 aromatic rings. The molecule has 1 aromatic carbocycles. The quantitative estimate of drug-likeness (QED) is 0.583. The summed E-state index contributed by atoms with van der Waals surface area (Å²) in [5.74, 6) is 1.67. The van der Waals surface area contributed by atoms with Gasteiger partial charge in [0.25, 0.3) is 0 Å². The Balaban J connectivity index is 2.53. The third-order valence-corrected chi connectivity index (χ3v) is 4.23. The summed E-state index contributed by atoms with van der Waals surface area (Å²) >= 11 is 6.12. The predicted octanol–water partition coefficient (Wildman–Crippen LogP) is 1.68. The minimum absolute atomic E-state index is 0.522. The molecule has 0 radical (unpaired) electrons. The molecule has 0 aliphatic heterocycles. The number of methoxy groups -OCH3 is 1. The van der Waals surface area contributed by atoms with Gasteiger partial charge in [0.2, 0.25) is 0 Å². The fourth-order valence-electron chi connectivity index (χ4n) is 0.828. The van der Waals surface area contributed by atoms with Crippen LogP contribution in [0.5, 0.6) is 5.75 Å². The molecule has 0 atom stereocenters. The van der Waals surface area contributed by atoms with Crippen molar-refractivity contribution in [3.8, 4) is 5.75 Å². The van der Waals surface area contributed by atoms with Gasteiger partial charge in [-0.2, -0.15) is 0 Å². The molecule has 1 nitrogen and oxygen atoms in total. The Morgan fingerprint density at radius 1 is 1.33 bits per heavy atom. The zero-order chi connectivity index (χ0) is 8.81. The van der Waals surface area contributed by atoms with Crippen LogP contribution in [0.1, 0.15) is 0 Å². The van der Waals surface area contributed by atoms with Gasteiger partial charge in [-0.25, -0.2) is 0 Å². The van der Waals surface area contributed by atoms with Crippen molar-refractivity contribution in [1.82, 2.24) is 0 Å². The maximum atomic E-state index is 5.60. The zero-order valence-electron chi connectivity index (χ0n) is 6.92. The van der Waals surface area contributed by atoms with E-state index in [2.05, 4.69) is 12.1 Å². The van der Waals surface area contributed by atoms with Crippen molar-refractivity contribution in [1.29, 1.82) is 0 Å². The number of alkyl halides is 1. The van der Waals surface area contributed by atoms with Crippen LogP contribution in [0.25, 0.3) is 0 Å². The van der Waals surface area contributed by atoms with Crippen molar-refractivity contribution in [2.24, 2.45) is 0 Å². The first-order valence-corrected chi connectivity index (χ1v) is 6.30. The summed E-state index contributed by atoms with van der Waals surface area (Å²) in [4.78, 5) is 0. The standard InChI is InChI=1S/C9H11ClOSe/c1-11-8-2-4-9(5-3-8)12-7-6-10/h2-5H,6-7H2,1H3. The summed E-state index contributed by atoms with van der Waals surface area (Å²) in [6.45, 7) is 0. The Kier molecular flexibility index (Phi) is 4.52. The van der Waals surface area contributed by atoms with E-state index in [1.54, 1.807) is 7.11 Å². The third kappa shape index (κ3) is 3.06. The third-order valence-electron chi connectivity index (χ3n) is 1.41. The molecule has 0 saturated carbocycles. The molecule has 0 saturated heterocycles. The van der Waals surface area contributed by atoms with E-state index in [-0.39, 0.29) is 0 Å². The van der Waals surface area contributed by atoms with Crippen LogP contribution in [-0.4, -0.2) is 27.9 Å². The number of hydrogen-bond donors (Lipinski definition) is 0. The molecule has 0 unspecified atom stereocenters. The Bertz CT molecular complexity index is 222. The summed E-state index contributed by atoms with van der Waals surface area (Å²) in [6.07, 6.45) is 0. The van der Waals surface area contributed by atoms with Gasteiger partial charge in [0.15, 0.2) is 0 Å². The molecule has 0 bridgehead atoms. The van der Waals surface area contributed by atoms with Crippen LogP contribution in [0.4, 0.5) is 0 Å². The number of hydrogen-bond acceptors (Lipinski definition) is 1. The second-order valence-electron chi connectivity index (χ2n) is 2.21. The summed E-state index contributed by atoms with van der Waals surface area (Å²) in [5, 5.41) is 1.10. The van der Waals surface area contributed by atoms with Gasteiger partial charge in [0, 0.05) is 0 Å². The summed E-state index contributed by atoms with van der Waals surface area (Å²) in [7, 11) is 1.68. The Hall–Kier alpha value is -0.171. The summed E-state index contributed by atoms with van der Waals surface area (Å²) < 4.78 is 6.43. The maximum absolute atomic E-state index is 5.60. The molecule has 66 valence electrons. The molecular formula is C9H11ClOSe. The van der Waals surface area contributed by atoms with Gasteiger partial charge in [-0.1, -0.05) is 0 Å². The van der Waals surface area contributed by atoms with Crippen LogP contribution in [0.2, 0.25) is 5.32 Å². The topological polar surface area (TPSA) is 9.23 Å². The van der Waals surface area contributed by atoms with Crippen molar-refractivity contribution in [2.45, 2.75) is 5.32 Å². The van der Waals surface area contributed by atoms with Crippen LogP contribution in [0, 0.1) is 0 Å². The van der Waals surface area contributed by atoms with E-state index in [0.29, 0.717) is 15.0 Å². The first-order chi connectivity index (χ1) is 5.86. The Morgan fingerprint density at radius 3 is 2.50 bits per heavy atom. The van der Waals surface area contributed by atoms with E-state index in [4.69, 9.17) is 16.3 Å². The van der Waals surface area contributed by atoms with Gasteiger partial charge < -0.3 is 0 Å². The normalized spacial score (nSPS) is 9.83. The predicted molar refractivity (Wildman–Crippen MR) is 53.9 cm³/mol. The summed E-state index contributed by atoms with van der Waals surface area (Å²) in [6, 6.07) is 8.19. The average molecular weight is 250 g/mol. The molecular weight excluding hydrogens is 239 g/mol. The first-order valence-electron chi connectivity index (χ1n) is 3.69. The van der Waals surface area contributed by atoms with Crippen LogP contribution >= 0.6 is 11.6 Å². The fourth-order valence-corrected chi connectivity index (χ4v) is 2.57. The van der Waals surface area contributed by atoms with Gasteiger partial charge in [-0.15, -0.1) is 0 Å². The monoisotopic (exact) mass is 250 g/mol. The van der Waals surface area contributed by atoms with E-state index >= 15 is 0 Å².